The summed E-state index contributed by atoms with van der Waals surface area (Å²) in [7, 11) is 1.76. The summed E-state index contributed by atoms with van der Waals surface area (Å²) in [5, 5.41) is 3.31. The summed E-state index contributed by atoms with van der Waals surface area (Å²) in [6.07, 6.45) is 2.06. The first kappa shape index (κ1) is 10.6. The summed E-state index contributed by atoms with van der Waals surface area (Å²) in [5.41, 5.74) is 2.35. The van der Waals surface area contributed by atoms with Crippen LogP contribution in [0.15, 0.2) is 48.0 Å². The number of thiophene rings is 1. The number of H-pyrrole nitrogens is 1. The fourth-order valence-electron chi connectivity index (χ4n) is 2.15. The Morgan fingerprint density at radius 2 is 2.06 bits per heavy atom. The number of methoxy groups -OCH3 is 1. The fraction of sp³-hybridized carbons (Fsp3) is 0.143. The van der Waals surface area contributed by atoms with E-state index >= 15 is 0 Å². The van der Waals surface area contributed by atoms with Crippen LogP contribution in [0.2, 0.25) is 0 Å². The average Bonchev–Trinajstić information content (AvgIpc) is 3.01. The molecule has 17 heavy (non-hydrogen) atoms. The van der Waals surface area contributed by atoms with Crippen LogP contribution in [0.5, 0.6) is 0 Å². The van der Waals surface area contributed by atoms with Gasteiger partial charge in [-0.2, -0.15) is 0 Å². The Morgan fingerprint density at radius 3 is 2.82 bits per heavy atom. The maximum Gasteiger partial charge on any atom is 0.118 e. The standard InChI is InChI=1S/C14H13NOS/c1-16-14(13-7-4-8-17-13)11-9-15-12-6-3-2-5-10(11)12/h2-9,14-15H,1H3/t14-/m1/s1. The van der Waals surface area contributed by atoms with Crippen LogP contribution in [0.4, 0.5) is 0 Å². The normalized spacial score (nSPS) is 13.0. The first-order chi connectivity index (χ1) is 8.40. The Bertz CT molecular complexity index is 612. The van der Waals surface area contributed by atoms with Gasteiger partial charge in [0.2, 0.25) is 0 Å². The van der Waals surface area contributed by atoms with Crippen LogP contribution < -0.4 is 0 Å². The fourth-order valence-corrected chi connectivity index (χ4v) is 2.97. The van der Waals surface area contributed by atoms with Gasteiger partial charge in [0.15, 0.2) is 0 Å². The van der Waals surface area contributed by atoms with Gasteiger partial charge in [0.05, 0.1) is 0 Å². The van der Waals surface area contributed by atoms with Crippen LogP contribution in [-0.2, 0) is 4.74 Å². The van der Waals surface area contributed by atoms with Gasteiger partial charge in [0.1, 0.15) is 6.10 Å². The summed E-state index contributed by atoms with van der Waals surface area (Å²) >= 11 is 1.72. The van der Waals surface area contributed by atoms with Gasteiger partial charge >= 0.3 is 0 Å². The van der Waals surface area contributed by atoms with E-state index in [2.05, 4.69) is 40.7 Å². The number of rotatable bonds is 3. The predicted molar refractivity (Wildman–Crippen MR) is 71.5 cm³/mol. The molecule has 1 N–H and O–H groups in total. The lowest BCUT2D eigenvalue weighted by Crippen LogP contribution is -2.00. The van der Waals surface area contributed by atoms with Crippen LogP contribution >= 0.6 is 11.3 Å². The quantitative estimate of drug-likeness (QED) is 0.740. The first-order valence-electron chi connectivity index (χ1n) is 5.52. The number of para-hydroxylation sites is 1. The maximum atomic E-state index is 5.64. The average molecular weight is 243 g/mol. The zero-order valence-corrected chi connectivity index (χ0v) is 10.3. The third-order valence-electron chi connectivity index (χ3n) is 2.94. The van der Waals surface area contributed by atoms with Crippen LogP contribution in [0.25, 0.3) is 10.9 Å². The third-order valence-corrected chi connectivity index (χ3v) is 3.86. The minimum atomic E-state index is 0.0196. The van der Waals surface area contributed by atoms with Gasteiger partial charge in [-0.1, -0.05) is 24.3 Å². The number of aromatic nitrogens is 1. The minimum Gasteiger partial charge on any atom is -0.371 e. The number of aromatic amines is 1. The number of hydrogen-bond acceptors (Lipinski definition) is 2. The zero-order valence-electron chi connectivity index (χ0n) is 9.51. The predicted octanol–water partition coefficient (Wildman–Crippen LogP) is 3.97. The van der Waals surface area contributed by atoms with E-state index in [0.717, 1.165) is 5.52 Å². The van der Waals surface area contributed by atoms with Gasteiger partial charge in [-0.3, -0.25) is 0 Å². The molecule has 2 nitrogen and oxygen atoms in total. The molecule has 0 bridgehead atoms. The molecule has 1 atom stereocenters. The molecule has 1 aromatic carbocycles. The van der Waals surface area contributed by atoms with Gasteiger partial charge in [0.25, 0.3) is 0 Å². The van der Waals surface area contributed by atoms with Crippen molar-refractivity contribution < 1.29 is 4.74 Å². The van der Waals surface area contributed by atoms with E-state index in [1.807, 2.05) is 12.3 Å². The highest BCUT2D eigenvalue weighted by molar-refractivity contribution is 7.10. The first-order valence-corrected chi connectivity index (χ1v) is 6.40. The van der Waals surface area contributed by atoms with Gasteiger partial charge in [-0.05, 0) is 17.5 Å². The monoisotopic (exact) mass is 243 g/mol. The molecule has 0 spiro atoms. The largest absolute Gasteiger partial charge is 0.371 e. The number of nitrogens with one attached hydrogen (secondary N) is 1. The molecule has 0 aliphatic heterocycles. The summed E-state index contributed by atoms with van der Waals surface area (Å²) < 4.78 is 5.64. The van der Waals surface area contributed by atoms with Crippen molar-refractivity contribution in [2.75, 3.05) is 7.11 Å². The highest BCUT2D eigenvalue weighted by atomic mass is 32.1. The van der Waals surface area contributed by atoms with Crippen molar-refractivity contribution >= 4 is 22.2 Å². The van der Waals surface area contributed by atoms with Crippen molar-refractivity contribution in [3.8, 4) is 0 Å². The lowest BCUT2D eigenvalue weighted by Gasteiger charge is -2.12. The van der Waals surface area contributed by atoms with Gasteiger partial charge in [-0.25, -0.2) is 0 Å². The summed E-state index contributed by atoms with van der Waals surface area (Å²) in [6, 6.07) is 12.5. The second-order valence-corrected chi connectivity index (χ2v) is 4.90. The molecule has 2 aromatic heterocycles. The molecular formula is C14H13NOS. The van der Waals surface area contributed by atoms with Crippen molar-refractivity contribution in [3.63, 3.8) is 0 Å². The SMILES string of the molecule is CO[C@@H](c1cccs1)c1c[nH]c2ccccc12. The van der Waals surface area contributed by atoms with Gasteiger partial charge < -0.3 is 9.72 Å². The maximum absolute atomic E-state index is 5.64. The van der Waals surface area contributed by atoms with Gasteiger partial charge in [0, 0.05) is 34.7 Å². The van der Waals surface area contributed by atoms with E-state index in [1.54, 1.807) is 18.4 Å². The van der Waals surface area contributed by atoms with E-state index in [9.17, 15) is 0 Å². The number of benzene rings is 1. The van der Waals surface area contributed by atoms with Crippen LogP contribution in [0.3, 0.4) is 0 Å². The molecule has 0 amide bonds. The molecule has 0 saturated heterocycles. The topological polar surface area (TPSA) is 25.0 Å². The molecule has 0 aliphatic rings. The molecule has 3 rings (SSSR count). The molecule has 0 saturated carbocycles. The smallest absolute Gasteiger partial charge is 0.118 e. The van der Waals surface area contributed by atoms with Crippen molar-refractivity contribution in [1.82, 2.24) is 4.98 Å². The second kappa shape index (κ2) is 4.35. The van der Waals surface area contributed by atoms with Crippen molar-refractivity contribution in [2.45, 2.75) is 6.10 Å². The Hall–Kier alpha value is -1.58. The highest BCUT2D eigenvalue weighted by Crippen LogP contribution is 2.33. The molecular weight excluding hydrogens is 230 g/mol. The lowest BCUT2D eigenvalue weighted by atomic mass is 10.1. The zero-order chi connectivity index (χ0) is 11.7. The Balaban J connectivity index is 2.13. The van der Waals surface area contributed by atoms with Crippen LogP contribution in [-0.4, -0.2) is 12.1 Å². The molecule has 86 valence electrons. The van der Waals surface area contributed by atoms with Crippen molar-refractivity contribution in [1.29, 1.82) is 0 Å². The Labute approximate surface area is 104 Å². The molecule has 0 aliphatic carbocycles. The molecule has 3 aromatic rings. The van der Waals surface area contributed by atoms with E-state index in [1.165, 1.54) is 15.8 Å². The molecule has 0 unspecified atom stereocenters. The van der Waals surface area contributed by atoms with Gasteiger partial charge in [-0.15, -0.1) is 11.3 Å². The number of hydrogen-bond donors (Lipinski definition) is 1. The highest BCUT2D eigenvalue weighted by Gasteiger charge is 2.17. The van der Waals surface area contributed by atoms with Crippen LogP contribution in [0, 0.1) is 0 Å². The molecule has 3 heteroatoms. The Morgan fingerprint density at radius 1 is 1.18 bits per heavy atom. The Kier molecular flexibility index (Phi) is 2.71. The number of ether oxygens (including phenoxy) is 1. The van der Waals surface area contributed by atoms with Crippen molar-refractivity contribution in [3.05, 3.63) is 58.4 Å². The number of fused-ring (bicyclic) bond motifs is 1. The van der Waals surface area contributed by atoms with Crippen LogP contribution in [0.1, 0.15) is 16.5 Å². The summed E-state index contributed by atoms with van der Waals surface area (Å²) in [5.74, 6) is 0. The van der Waals surface area contributed by atoms with E-state index in [4.69, 9.17) is 4.74 Å². The second-order valence-electron chi connectivity index (χ2n) is 3.92. The lowest BCUT2D eigenvalue weighted by molar-refractivity contribution is 0.140. The molecule has 0 radical (unpaired) electrons. The molecule has 0 fully saturated rings. The summed E-state index contributed by atoms with van der Waals surface area (Å²) in [4.78, 5) is 4.52. The minimum absolute atomic E-state index is 0.0196. The third kappa shape index (κ3) is 1.77. The van der Waals surface area contributed by atoms with Crippen molar-refractivity contribution in [2.24, 2.45) is 0 Å². The van der Waals surface area contributed by atoms with E-state index in [-0.39, 0.29) is 6.10 Å². The molecule has 2 heterocycles. The van der Waals surface area contributed by atoms with E-state index in [0.29, 0.717) is 0 Å². The summed E-state index contributed by atoms with van der Waals surface area (Å²) in [6.45, 7) is 0. The van der Waals surface area contributed by atoms with E-state index < -0.39 is 0 Å².